The number of aliphatic carboxylic acids is 1. The number of ether oxygens (including phenoxy) is 1. The highest BCUT2D eigenvalue weighted by Crippen LogP contribution is 2.32. The average Bonchev–Trinajstić information content (AvgIpc) is 3.78. The van der Waals surface area contributed by atoms with Gasteiger partial charge in [0.25, 0.3) is 5.91 Å². The SMILES string of the molecule is CCCN(C(=O)[C@@H](NC(=O)[C@H]1CCCCN1)[C@@H](C)CC)[C@H](C[C@@H](OC(C)=O)c1nc(C(=O)N[C@@H](Cc2ccc(NC(=O)CNC(=O)[C@@H](NC=O)C(C)C)cc2)CC(C)C(=O)O)cs1)C(C)C. The molecule has 1 aliphatic heterocycles. The normalized spacial score (nSPS) is 16.9. The second-order valence-corrected chi connectivity index (χ2v) is 18.8. The molecule has 0 radical (unpaired) electrons. The zero-order valence-electron chi connectivity index (χ0n) is 39.9. The third kappa shape index (κ3) is 17.1. The fourth-order valence-corrected chi connectivity index (χ4v) is 8.74. The van der Waals surface area contributed by atoms with Gasteiger partial charge >= 0.3 is 11.9 Å². The van der Waals surface area contributed by atoms with E-state index in [1.165, 1.54) is 6.92 Å². The van der Waals surface area contributed by atoms with Gasteiger partial charge in [-0.1, -0.05) is 80.4 Å². The topological polar surface area (TPSA) is 254 Å². The average molecular weight is 941 g/mol. The molecule has 0 bridgehead atoms. The first-order valence-corrected chi connectivity index (χ1v) is 24.0. The molecule has 18 nitrogen and oxygen atoms in total. The van der Waals surface area contributed by atoms with Crippen molar-refractivity contribution in [3.05, 3.63) is 45.9 Å². The van der Waals surface area contributed by atoms with E-state index in [1.807, 2.05) is 34.6 Å². The number of carboxylic acid groups (broad SMARTS) is 1. The summed E-state index contributed by atoms with van der Waals surface area (Å²) in [6, 6.07) is 3.77. The molecule has 3 rings (SSSR count). The Morgan fingerprint density at radius 1 is 0.955 bits per heavy atom. The number of rotatable bonds is 27. The summed E-state index contributed by atoms with van der Waals surface area (Å²) in [6.07, 6.45) is 3.98. The maximum absolute atomic E-state index is 14.6. The number of hydrogen-bond donors (Lipinski definition) is 7. The summed E-state index contributed by atoms with van der Waals surface area (Å²) in [4.78, 5) is 109. The Morgan fingerprint density at radius 3 is 2.21 bits per heavy atom. The third-order valence-corrected chi connectivity index (χ3v) is 12.8. The van der Waals surface area contributed by atoms with E-state index in [9.17, 15) is 43.5 Å². The van der Waals surface area contributed by atoms with Crippen LogP contribution in [0.2, 0.25) is 0 Å². The van der Waals surface area contributed by atoms with Crippen molar-refractivity contribution < 1.29 is 48.2 Å². The van der Waals surface area contributed by atoms with Crippen molar-refractivity contribution in [1.29, 1.82) is 0 Å². The predicted molar refractivity (Wildman–Crippen MR) is 251 cm³/mol. The molecule has 1 saturated heterocycles. The van der Waals surface area contributed by atoms with Crippen molar-refractivity contribution in [3.63, 3.8) is 0 Å². The van der Waals surface area contributed by atoms with Crippen LogP contribution in [0.4, 0.5) is 5.69 Å². The number of nitrogens with zero attached hydrogens (tertiary/aromatic N) is 2. The van der Waals surface area contributed by atoms with Gasteiger partial charge in [0.1, 0.15) is 22.8 Å². The summed E-state index contributed by atoms with van der Waals surface area (Å²) < 4.78 is 5.85. The zero-order valence-corrected chi connectivity index (χ0v) is 40.8. The van der Waals surface area contributed by atoms with Crippen LogP contribution in [0, 0.1) is 23.7 Å². The van der Waals surface area contributed by atoms with Gasteiger partial charge in [-0.15, -0.1) is 11.3 Å². The van der Waals surface area contributed by atoms with Crippen molar-refractivity contribution in [1.82, 2.24) is 36.5 Å². The molecule has 6 amide bonds. The van der Waals surface area contributed by atoms with Crippen LogP contribution in [-0.2, 0) is 44.7 Å². The first-order chi connectivity index (χ1) is 31.3. The molecule has 19 heteroatoms. The van der Waals surface area contributed by atoms with Gasteiger partial charge in [-0.2, -0.15) is 0 Å². The van der Waals surface area contributed by atoms with Crippen molar-refractivity contribution >= 4 is 64.9 Å². The van der Waals surface area contributed by atoms with Crippen LogP contribution in [0.5, 0.6) is 0 Å². The Balaban J connectivity index is 1.79. The second-order valence-electron chi connectivity index (χ2n) is 17.9. The first-order valence-electron chi connectivity index (χ1n) is 23.2. The molecule has 1 fully saturated rings. The fraction of sp³-hybridized carbons (Fsp3) is 0.638. The summed E-state index contributed by atoms with van der Waals surface area (Å²) in [5, 5.41) is 28.6. The number of benzene rings is 1. The summed E-state index contributed by atoms with van der Waals surface area (Å²) in [5.74, 6) is -4.78. The van der Waals surface area contributed by atoms with Gasteiger partial charge in [0.15, 0.2) is 6.10 Å². The van der Waals surface area contributed by atoms with Gasteiger partial charge < -0.3 is 46.6 Å². The number of amides is 6. The number of carboxylic acids is 1. The molecule has 7 N–H and O–H groups in total. The molecule has 1 aromatic heterocycles. The zero-order chi connectivity index (χ0) is 49.1. The van der Waals surface area contributed by atoms with Crippen molar-refractivity contribution in [3.8, 4) is 0 Å². The summed E-state index contributed by atoms with van der Waals surface area (Å²) in [7, 11) is 0. The number of piperidine rings is 1. The highest BCUT2D eigenvalue weighted by atomic mass is 32.1. The minimum Gasteiger partial charge on any atom is -0.481 e. The van der Waals surface area contributed by atoms with Crippen molar-refractivity contribution in [2.45, 2.75) is 150 Å². The fourth-order valence-electron chi connectivity index (χ4n) is 7.91. The number of nitrogens with one attached hydrogen (secondary N) is 6. The molecular formula is C47H72N8O10S. The molecule has 1 unspecified atom stereocenters. The van der Waals surface area contributed by atoms with Gasteiger partial charge in [-0.05, 0) is 74.1 Å². The number of anilines is 1. The van der Waals surface area contributed by atoms with Gasteiger partial charge in [-0.3, -0.25) is 38.4 Å². The Morgan fingerprint density at radius 2 is 1.65 bits per heavy atom. The van der Waals surface area contributed by atoms with Crippen LogP contribution in [0.3, 0.4) is 0 Å². The molecule has 2 aromatic rings. The Hall–Kier alpha value is -5.43. The number of esters is 1. The Kier molecular flexibility index (Phi) is 22.7. The van der Waals surface area contributed by atoms with Crippen LogP contribution >= 0.6 is 11.3 Å². The maximum Gasteiger partial charge on any atom is 0.306 e. The van der Waals surface area contributed by atoms with Crippen LogP contribution < -0.4 is 31.9 Å². The lowest BCUT2D eigenvalue weighted by Gasteiger charge is -2.39. The minimum atomic E-state index is -1.03. The lowest BCUT2D eigenvalue weighted by molar-refractivity contribution is -0.149. The van der Waals surface area contributed by atoms with Crippen LogP contribution in [0.15, 0.2) is 29.6 Å². The number of carbonyl (C=O) groups excluding carboxylic acids is 7. The van der Waals surface area contributed by atoms with Gasteiger partial charge in [0, 0.05) is 43.0 Å². The summed E-state index contributed by atoms with van der Waals surface area (Å²) in [6.45, 7) is 17.1. The molecule has 1 aromatic carbocycles. The quantitative estimate of drug-likeness (QED) is 0.0488. The predicted octanol–water partition coefficient (Wildman–Crippen LogP) is 4.35. The number of aromatic nitrogens is 1. The second kappa shape index (κ2) is 27.3. The van der Waals surface area contributed by atoms with E-state index in [0.29, 0.717) is 42.9 Å². The van der Waals surface area contributed by atoms with E-state index in [4.69, 9.17) is 4.74 Å². The lowest BCUT2D eigenvalue weighted by Crippen LogP contribution is -2.58. The maximum atomic E-state index is 14.6. The van der Waals surface area contributed by atoms with Crippen molar-refractivity contribution in [2.75, 3.05) is 25.0 Å². The molecule has 366 valence electrons. The molecule has 0 saturated carbocycles. The third-order valence-electron chi connectivity index (χ3n) is 11.8. The van der Waals surface area contributed by atoms with Crippen LogP contribution in [0.25, 0.3) is 0 Å². The first kappa shape index (κ1) is 54.9. The molecule has 2 heterocycles. The highest BCUT2D eigenvalue weighted by molar-refractivity contribution is 7.09. The number of carbonyl (C=O) groups is 8. The molecule has 0 spiro atoms. The van der Waals surface area contributed by atoms with Crippen molar-refractivity contribution in [2.24, 2.45) is 23.7 Å². The van der Waals surface area contributed by atoms with E-state index in [1.54, 1.807) is 55.3 Å². The highest BCUT2D eigenvalue weighted by Gasteiger charge is 2.38. The summed E-state index contributed by atoms with van der Waals surface area (Å²) in [5.41, 5.74) is 1.23. The standard InChI is InChI=1S/C47H72N8O10S/c1-10-20-55(46(62)41(29(7)11-2)54-42(59)35-14-12-13-19-48-35)37(27(3)4)23-38(65-31(9)57)45-53-36(25-66-45)43(60)52-34(21-30(8)47(63)64)22-32-15-17-33(18-16-32)51-39(58)24-49-44(61)40(28(5)6)50-26-56/h15-18,25-30,34-35,37-38,40-41,48H,10-14,19-24H2,1-9H3,(H,49,61)(H,50,56)(H,51,58)(H,52,60)(H,54,59)(H,63,64)/t29-,30?,34+,35+,37+,38+,40-,41-/m0/s1. The lowest BCUT2D eigenvalue weighted by atomic mass is 9.92. The van der Waals surface area contributed by atoms with E-state index < -0.39 is 65.8 Å². The Labute approximate surface area is 392 Å². The minimum absolute atomic E-state index is 0.0467. The van der Waals surface area contributed by atoms with E-state index in [-0.39, 0.29) is 67.1 Å². The molecule has 0 aliphatic carbocycles. The van der Waals surface area contributed by atoms with Crippen LogP contribution in [-0.4, -0.2) is 113 Å². The number of hydrogen-bond acceptors (Lipinski definition) is 12. The molecule has 66 heavy (non-hydrogen) atoms. The summed E-state index contributed by atoms with van der Waals surface area (Å²) >= 11 is 1.13. The van der Waals surface area contributed by atoms with Gasteiger partial charge in [0.2, 0.25) is 30.0 Å². The van der Waals surface area contributed by atoms with Crippen LogP contribution in [0.1, 0.15) is 134 Å². The van der Waals surface area contributed by atoms with E-state index >= 15 is 0 Å². The molecule has 8 atom stereocenters. The largest absolute Gasteiger partial charge is 0.481 e. The van der Waals surface area contributed by atoms with E-state index in [2.05, 4.69) is 36.9 Å². The van der Waals surface area contributed by atoms with Gasteiger partial charge in [-0.25, -0.2) is 4.98 Å². The smallest absolute Gasteiger partial charge is 0.306 e. The van der Waals surface area contributed by atoms with E-state index in [0.717, 1.165) is 36.3 Å². The number of thiazole rings is 1. The monoisotopic (exact) mass is 941 g/mol. The van der Waals surface area contributed by atoms with Gasteiger partial charge in [0.05, 0.1) is 18.5 Å². The molecule has 1 aliphatic rings. The molecular weight excluding hydrogens is 869 g/mol. The Bertz CT molecular complexity index is 1940.